The lowest BCUT2D eigenvalue weighted by atomic mass is 10.1. The quantitative estimate of drug-likeness (QED) is 0.279. The summed E-state index contributed by atoms with van der Waals surface area (Å²) in [7, 11) is 0. The molecule has 5 nitrogen and oxygen atoms in total. The number of thiophene rings is 1. The molecule has 0 atom stereocenters. The van der Waals surface area contributed by atoms with E-state index in [1.165, 1.54) is 29.2 Å². The smallest absolute Gasteiger partial charge is 0.416 e. The van der Waals surface area contributed by atoms with Gasteiger partial charge in [-0.15, -0.1) is 11.3 Å². The lowest BCUT2D eigenvalue weighted by molar-refractivity contribution is -0.137. The van der Waals surface area contributed by atoms with Crippen LogP contribution in [0.4, 0.5) is 13.2 Å². The molecule has 1 aliphatic heterocycles. The van der Waals surface area contributed by atoms with Crippen LogP contribution in [-0.4, -0.2) is 16.3 Å². The van der Waals surface area contributed by atoms with Crippen LogP contribution in [0.1, 0.15) is 16.7 Å². The Kier molecular flexibility index (Phi) is 5.34. The summed E-state index contributed by atoms with van der Waals surface area (Å²) >= 11 is 2.54. The third-order valence-electron chi connectivity index (χ3n) is 4.93. The molecule has 2 aromatic carbocycles. The molecule has 1 aliphatic rings. The zero-order valence-corrected chi connectivity index (χ0v) is 18.0. The maximum absolute atomic E-state index is 13.2. The fourth-order valence-electron chi connectivity index (χ4n) is 3.38. The minimum Gasteiger partial charge on any atom is -0.454 e. The van der Waals surface area contributed by atoms with E-state index in [2.05, 4.69) is 4.98 Å². The Morgan fingerprint density at radius 1 is 1.06 bits per heavy atom. The number of hydrogen-bond donors (Lipinski definition) is 0. The lowest BCUT2D eigenvalue weighted by Gasteiger charge is -2.13. The van der Waals surface area contributed by atoms with Gasteiger partial charge in [0.25, 0.3) is 5.56 Å². The van der Waals surface area contributed by atoms with Crippen LogP contribution in [0.15, 0.2) is 63.9 Å². The fraction of sp³-hybridized carbons (Fsp3) is 0.182. The summed E-state index contributed by atoms with van der Waals surface area (Å²) in [5, 5.41) is 2.24. The van der Waals surface area contributed by atoms with Gasteiger partial charge in [-0.2, -0.15) is 13.2 Å². The van der Waals surface area contributed by atoms with Crippen LogP contribution in [0.5, 0.6) is 11.5 Å². The van der Waals surface area contributed by atoms with Gasteiger partial charge in [0.1, 0.15) is 4.70 Å². The highest BCUT2D eigenvalue weighted by atomic mass is 32.2. The molecule has 4 aromatic rings. The Bertz CT molecular complexity index is 1360. The molecule has 5 rings (SSSR count). The Balaban J connectivity index is 1.48. The number of alkyl halides is 3. The number of aromatic nitrogens is 2. The SMILES string of the molecule is O=c1c2sccc2nc(SCc2cccc(C(F)(F)F)c2)n1Cc1ccc2c(c1)OCO2. The summed E-state index contributed by atoms with van der Waals surface area (Å²) in [5.41, 5.74) is 1.02. The van der Waals surface area contributed by atoms with Crippen LogP contribution < -0.4 is 15.0 Å². The van der Waals surface area contributed by atoms with Gasteiger partial charge < -0.3 is 9.47 Å². The second-order valence-electron chi connectivity index (χ2n) is 7.10. The van der Waals surface area contributed by atoms with Crippen LogP contribution in [-0.2, 0) is 18.5 Å². The van der Waals surface area contributed by atoms with Crippen molar-refractivity contribution in [2.24, 2.45) is 0 Å². The number of nitrogens with zero attached hydrogens (tertiary/aromatic N) is 2. The van der Waals surface area contributed by atoms with Crippen molar-refractivity contribution in [3.8, 4) is 11.5 Å². The summed E-state index contributed by atoms with van der Waals surface area (Å²) in [4.78, 5) is 17.8. The maximum atomic E-state index is 13.2. The van der Waals surface area contributed by atoms with Crippen LogP contribution in [0, 0.1) is 0 Å². The normalized spacial score (nSPS) is 13.1. The van der Waals surface area contributed by atoms with E-state index >= 15 is 0 Å². The third kappa shape index (κ3) is 4.07. The number of halogens is 3. The van der Waals surface area contributed by atoms with Crippen LogP contribution in [0.25, 0.3) is 10.2 Å². The van der Waals surface area contributed by atoms with Gasteiger partial charge in [0.05, 0.1) is 17.6 Å². The molecular weight excluding hydrogens is 461 g/mol. The highest BCUT2D eigenvalue weighted by molar-refractivity contribution is 7.98. The molecule has 0 bridgehead atoms. The van der Waals surface area contributed by atoms with Crippen molar-refractivity contribution in [1.82, 2.24) is 9.55 Å². The average Bonchev–Trinajstić information content (AvgIpc) is 3.43. The number of ether oxygens (including phenoxy) is 2. The van der Waals surface area contributed by atoms with Crippen LogP contribution in [0.2, 0.25) is 0 Å². The molecule has 0 saturated carbocycles. The van der Waals surface area contributed by atoms with Crippen molar-refractivity contribution in [3.63, 3.8) is 0 Å². The van der Waals surface area contributed by atoms with Gasteiger partial charge in [-0.1, -0.05) is 36.0 Å². The average molecular weight is 477 g/mol. The predicted molar refractivity (Wildman–Crippen MR) is 117 cm³/mol. The van der Waals surface area contributed by atoms with Gasteiger partial charge in [-0.25, -0.2) is 4.98 Å². The number of benzene rings is 2. The second kappa shape index (κ2) is 8.18. The summed E-state index contributed by atoms with van der Waals surface area (Å²) in [6, 6.07) is 12.4. The third-order valence-corrected chi connectivity index (χ3v) is 6.87. The number of fused-ring (bicyclic) bond motifs is 2. The molecule has 2 aromatic heterocycles. The largest absolute Gasteiger partial charge is 0.454 e. The van der Waals surface area contributed by atoms with Crippen molar-refractivity contribution in [2.75, 3.05) is 6.79 Å². The van der Waals surface area contributed by atoms with Crippen molar-refractivity contribution in [1.29, 1.82) is 0 Å². The Hall–Kier alpha value is -2.98. The summed E-state index contributed by atoms with van der Waals surface area (Å²) in [5.74, 6) is 1.50. The number of thioether (sulfide) groups is 1. The molecular formula is C22H15F3N2O3S2. The first-order valence-corrected chi connectivity index (χ1v) is 11.4. The van der Waals surface area contributed by atoms with E-state index in [0.717, 1.165) is 17.7 Å². The van der Waals surface area contributed by atoms with Gasteiger partial charge in [0.2, 0.25) is 6.79 Å². The van der Waals surface area contributed by atoms with Crippen LogP contribution >= 0.6 is 23.1 Å². The summed E-state index contributed by atoms with van der Waals surface area (Å²) in [6.45, 7) is 0.404. The molecule has 164 valence electrons. The first-order valence-electron chi connectivity index (χ1n) is 9.54. The number of hydrogen-bond acceptors (Lipinski definition) is 6. The fourth-order valence-corrected chi connectivity index (χ4v) is 5.10. The molecule has 0 N–H and O–H groups in total. The van der Waals surface area contributed by atoms with Gasteiger partial charge in [0.15, 0.2) is 16.7 Å². The molecule has 0 spiro atoms. The van der Waals surface area contributed by atoms with Gasteiger partial charge >= 0.3 is 6.18 Å². The molecule has 0 unspecified atom stereocenters. The molecule has 32 heavy (non-hydrogen) atoms. The number of rotatable bonds is 5. The predicted octanol–water partition coefficient (Wildman–Crippen LogP) is 5.55. The van der Waals surface area contributed by atoms with Crippen LogP contribution in [0.3, 0.4) is 0 Å². The highest BCUT2D eigenvalue weighted by Gasteiger charge is 2.30. The van der Waals surface area contributed by atoms with Crippen molar-refractivity contribution >= 4 is 33.3 Å². The van der Waals surface area contributed by atoms with Gasteiger partial charge in [-0.3, -0.25) is 9.36 Å². The Morgan fingerprint density at radius 3 is 2.75 bits per heavy atom. The monoisotopic (exact) mass is 476 g/mol. The van der Waals surface area contributed by atoms with E-state index < -0.39 is 11.7 Å². The molecule has 0 saturated heterocycles. The van der Waals surface area contributed by atoms with Crippen molar-refractivity contribution in [2.45, 2.75) is 23.6 Å². The molecule has 0 amide bonds. The van der Waals surface area contributed by atoms with E-state index in [1.807, 2.05) is 12.1 Å². The van der Waals surface area contributed by atoms with E-state index in [4.69, 9.17) is 9.47 Å². The first kappa shape index (κ1) is 20.9. The minimum absolute atomic E-state index is 0.152. The standard InChI is InChI=1S/C22H15F3N2O3S2/c23-22(24,25)15-3-1-2-14(8-15)11-32-21-26-16-6-7-31-19(16)20(28)27(21)10-13-4-5-17-18(9-13)30-12-29-17/h1-9H,10-12H2. The van der Waals surface area contributed by atoms with Gasteiger partial charge in [-0.05, 0) is 40.8 Å². The van der Waals surface area contributed by atoms with E-state index in [-0.39, 0.29) is 24.6 Å². The first-order chi connectivity index (χ1) is 15.4. The topological polar surface area (TPSA) is 53.4 Å². The molecule has 3 heterocycles. The highest BCUT2D eigenvalue weighted by Crippen LogP contribution is 2.34. The van der Waals surface area contributed by atoms with E-state index in [1.54, 1.807) is 28.1 Å². The molecule has 0 radical (unpaired) electrons. The molecule has 0 aliphatic carbocycles. The summed E-state index contributed by atoms with van der Waals surface area (Å²) < 4.78 is 52.0. The summed E-state index contributed by atoms with van der Waals surface area (Å²) in [6.07, 6.45) is -4.41. The van der Waals surface area contributed by atoms with E-state index in [9.17, 15) is 18.0 Å². The lowest BCUT2D eigenvalue weighted by Crippen LogP contribution is -2.23. The Labute approximate surface area is 188 Å². The molecule has 0 fully saturated rings. The zero-order chi connectivity index (χ0) is 22.3. The minimum atomic E-state index is -4.41. The van der Waals surface area contributed by atoms with Gasteiger partial charge in [0, 0.05) is 5.75 Å². The Morgan fingerprint density at radius 2 is 1.91 bits per heavy atom. The molecule has 10 heteroatoms. The van der Waals surface area contributed by atoms with E-state index in [0.29, 0.717) is 32.4 Å². The van der Waals surface area contributed by atoms with Crippen molar-refractivity contribution in [3.05, 3.63) is 81.0 Å². The maximum Gasteiger partial charge on any atom is 0.416 e. The van der Waals surface area contributed by atoms with Crippen molar-refractivity contribution < 1.29 is 22.6 Å². The second-order valence-corrected chi connectivity index (χ2v) is 8.95. The zero-order valence-electron chi connectivity index (χ0n) is 16.4.